The summed E-state index contributed by atoms with van der Waals surface area (Å²) in [5.74, 6) is -5.25. The molecule has 0 aliphatic heterocycles. The Morgan fingerprint density at radius 3 is 2.15 bits per heavy atom. The molecule has 0 atom stereocenters. The van der Waals surface area contributed by atoms with E-state index >= 15 is 0 Å². The monoisotopic (exact) mass is 289 g/mol. The molecule has 108 valence electrons. The van der Waals surface area contributed by atoms with Gasteiger partial charge in [-0.1, -0.05) is 0 Å². The molecule has 0 fully saturated rings. The van der Waals surface area contributed by atoms with E-state index in [4.69, 9.17) is 0 Å². The van der Waals surface area contributed by atoms with Gasteiger partial charge in [0.05, 0.1) is 0 Å². The predicted molar refractivity (Wildman–Crippen MR) is 62.0 cm³/mol. The van der Waals surface area contributed by atoms with Gasteiger partial charge in [-0.15, -0.1) is 10.2 Å². The third kappa shape index (κ3) is 2.56. The molecule has 0 aliphatic rings. The molecule has 20 heavy (non-hydrogen) atoms. The highest BCUT2D eigenvalue weighted by atomic mass is 19.2. The zero-order chi connectivity index (χ0) is 14.9. The fraction of sp³-hybridized carbons (Fsp3) is 0.364. The van der Waals surface area contributed by atoms with E-state index in [0.29, 0.717) is 11.6 Å². The van der Waals surface area contributed by atoms with Crippen LogP contribution in [0.4, 0.5) is 23.2 Å². The van der Waals surface area contributed by atoms with Crippen LogP contribution in [0.1, 0.15) is 11.6 Å². The molecular formula is C11H11F4N5. The van der Waals surface area contributed by atoms with Crippen molar-refractivity contribution < 1.29 is 17.6 Å². The average molecular weight is 289 g/mol. The Hall–Kier alpha value is -2.19. The lowest BCUT2D eigenvalue weighted by atomic mass is 10.3. The first-order valence-electron chi connectivity index (χ1n) is 5.70. The first kappa shape index (κ1) is 14.2. The highest BCUT2D eigenvalue weighted by Gasteiger charge is 2.20. The van der Waals surface area contributed by atoms with Gasteiger partial charge >= 0.3 is 0 Å². The van der Waals surface area contributed by atoms with Crippen LogP contribution in [0.5, 0.6) is 0 Å². The molecule has 5 nitrogen and oxygen atoms in total. The van der Waals surface area contributed by atoms with Gasteiger partial charge in [-0.05, 0) is 6.92 Å². The van der Waals surface area contributed by atoms with Crippen molar-refractivity contribution in [3.8, 4) is 0 Å². The van der Waals surface area contributed by atoms with E-state index < -0.39 is 29.2 Å². The minimum Gasteiger partial charge on any atom is -0.380 e. The number of hydrogen-bond donors (Lipinski definition) is 1. The van der Waals surface area contributed by atoms with Gasteiger partial charge in [0.2, 0.25) is 11.6 Å². The van der Waals surface area contributed by atoms with Crippen LogP contribution in [0, 0.1) is 30.5 Å². The van der Waals surface area contributed by atoms with Crippen molar-refractivity contribution in [2.75, 3.05) is 11.9 Å². The maximum Gasteiger partial charge on any atom is 0.253 e. The van der Waals surface area contributed by atoms with Crippen molar-refractivity contribution in [3.63, 3.8) is 0 Å². The number of halogens is 4. The van der Waals surface area contributed by atoms with Crippen molar-refractivity contribution in [1.29, 1.82) is 0 Å². The number of hydrogen-bond acceptors (Lipinski definition) is 4. The van der Waals surface area contributed by atoms with E-state index in [-0.39, 0.29) is 13.0 Å². The van der Waals surface area contributed by atoms with Crippen LogP contribution in [0.2, 0.25) is 0 Å². The molecule has 0 spiro atoms. The fourth-order valence-electron chi connectivity index (χ4n) is 1.61. The molecule has 2 rings (SSSR count). The Bertz CT molecular complexity index is 614. The molecule has 0 saturated heterocycles. The normalized spacial score (nSPS) is 10.9. The lowest BCUT2D eigenvalue weighted by molar-refractivity contribution is 0.410. The van der Waals surface area contributed by atoms with Crippen LogP contribution in [0.15, 0.2) is 0 Å². The standard InChI is InChI=1S/C11H11F4N5/c1-5-18-19-6(20(5)2)3-4-16-9-7(12)10(14)17-11(15)8(9)13/h3-4H2,1-2H3,(H,16,17). The van der Waals surface area contributed by atoms with Crippen molar-refractivity contribution in [1.82, 2.24) is 19.7 Å². The summed E-state index contributed by atoms with van der Waals surface area (Å²) in [5.41, 5.74) is -0.881. The van der Waals surface area contributed by atoms with Gasteiger partial charge in [0.15, 0.2) is 0 Å². The topological polar surface area (TPSA) is 55.6 Å². The third-order valence-electron chi connectivity index (χ3n) is 2.83. The van der Waals surface area contributed by atoms with Crippen molar-refractivity contribution >= 4 is 5.69 Å². The molecule has 0 aliphatic carbocycles. The first-order valence-corrected chi connectivity index (χ1v) is 5.70. The van der Waals surface area contributed by atoms with Crippen molar-refractivity contribution in [2.24, 2.45) is 7.05 Å². The largest absolute Gasteiger partial charge is 0.380 e. The maximum atomic E-state index is 13.3. The Kier molecular flexibility index (Phi) is 3.86. The summed E-state index contributed by atoms with van der Waals surface area (Å²) in [6.45, 7) is 1.78. The van der Waals surface area contributed by atoms with Crippen molar-refractivity contribution in [3.05, 3.63) is 35.2 Å². The van der Waals surface area contributed by atoms with E-state index in [1.165, 1.54) is 0 Å². The van der Waals surface area contributed by atoms with E-state index in [1.807, 2.05) is 0 Å². The number of anilines is 1. The fourth-order valence-corrected chi connectivity index (χ4v) is 1.61. The van der Waals surface area contributed by atoms with Gasteiger partial charge in [-0.2, -0.15) is 22.5 Å². The maximum absolute atomic E-state index is 13.3. The summed E-state index contributed by atoms with van der Waals surface area (Å²) in [4.78, 5) is 2.47. The molecule has 2 heterocycles. The predicted octanol–water partition coefficient (Wildman–Crippen LogP) is 1.73. The second-order valence-electron chi connectivity index (χ2n) is 4.10. The zero-order valence-electron chi connectivity index (χ0n) is 10.7. The summed E-state index contributed by atoms with van der Waals surface area (Å²) in [7, 11) is 1.73. The smallest absolute Gasteiger partial charge is 0.253 e. The minimum atomic E-state index is -1.69. The van der Waals surface area contributed by atoms with Crippen molar-refractivity contribution in [2.45, 2.75) is 13.3 Å². The molecular weight excluding hydrogens is 278 g/mol. The van der Waals surface area contributed by atoms with Gasteiger partial charge in [-0.3, -0.25) is 0 Å². The summed E-state index contributed by atoms with van der Waals surface area (Å²) < 4.78 is 54.1. The lowest BCUT2D eigenvalue weighted by Gasteiger charge is -2.09. The van der Waals surface area contributed by atoms with Crippen LogP contribution in [-0.2, 0) is 13.5 Å². The summed E-state index contributed by atoms with van der Waals surface area (Å²) in [6.07, 6.45) is 0.280. The molecule has 9 heteroatoms. The van der Waals surface area contributed by atoms with E-state index in [2.05, 4.69) is 20.5 Å². The molecule has 2 aromatic heterocycles. The molecule has 2 aromatic rings. The van der Waals surface area contributed by atoms with Gasteiger partial charge in [0.25, 0.3) is 11.9 Å². The summed E-state index contributed by atoms with van der Waals surface area (Å²) in [5, 5.41) is 9.96. The highest BCUT2D eigenvalue weighted by molar-refractivity contribution is 5.45. The Labute approximate surface area is 111 Å². The number of nitrogens with zero attached hydrogens (tertiary/aromatic N) is 4. The van der Waals surface area contributed by atoms with Gasteiger partial charge < -0.3 is 9.88 Å². The van der Waals surface area contributed by atoms with Gasteiger partial charge in [0.1, 0.15) is 17.3 Å². The Morgan fingerprint density at radius 1 is 1.05 bits per heavy atom. The van der Waals surface area contributed by atoms with Crippen LogP contribution in [0.25, 0.3) is 0 Å². The summed E-state index contributed by atoms with van der Waals surface area (Å²) in [6, 6.07) is 0. The minimum absolute atomic E-state index is 0.0305. The zero-order valence-corrected chi connectivity index (χ0v) is 10.7. The van der Waals surface area contributed by atoms with Crippen LogP contribution in [-0.4, -0.2) is 26.3 Å². The Balaban J connectivity index is 2.10. The SMILES string of the molecule is Cc1nnc(CCNc2c(F)c(F)nc(F)c2F)n1C. The highest BCUT2D eigenvalue weighted by Crippen LogP contribution is 2.21. The van der Waals surface area contributed by atoms with Gasteiger partial charge in [0, 0.05) is 20.0 Å². The lowest BCUT2D eigenvalue weighted by Crippen LogP contribution is -2.13. The number of rotatable bonds is 4. The number of aryl methyl sites for hydroxylation is 1. The number of aromatic nitrogens is 4. The molecule has 0 aromatic carbocycles. The van der Waals surface area contributed by atoms with Crippen LogP contribution in [0.3, 0.4) is 0 Å². The molecule has 0 radical (unpaired) electrons. The summed E-state index contributed by atoms with van der Waals surface area (Å²) >= 11 is 0. The van der Waals surface area contributed by atoms with E-state index in [9.17, 15) is 17.6 Å². The van der Waals surface area contributed by atoms with Crippen LogP contribution >= 0.6 is 0 Å². The number of nitrogens with one attached hydrogen (secondary N) is 1. The molecule has 0 saturated carbocycles. The van der Waals surface area contributed by atoms with E-state index in [1.54, 1.807) is 18.5 Å². The second kappa shape index (κ2) is 5.43. The molecule has 0 amide bonds. The first-order chi connectivity index (χ1) is 9.41. The number of pyridine rings is 1. The van der Waals surface area contributed by atoms with Crippen LogP contribution < -0.4 is 5.32 Å². The quantitative estimate of drug-likeness (QED) is 0.688. The Morgan fingerprint density at radius 2 is 1.65 bits per heavy atom. The molecule has 0 unspecified atom stereocenters. The molecule has 0 bridgehead atoms. The van der Waals surface area contributed by atoms with E-state index in [0.717, 1.165) is 0 Å². The second-order valence-corrected chi connectivity index (χ2v) is 4.10. The van der Waals surface area contributed by atoms with Gasteiger partial charge in [-0.25, -0.2) is 0 Å². The average Bonchev–Trinajstić information content (AvgIpc) is 2.72. The third-order valence-corrected chi connectivity index (χ3v) is 2.83. The molecule has 1 N–H and O–H groups in total.